The molecule has 6 aliphatic rings. The number of hydrogen-bond acceptors (Lipinski definition) is 0. The molecule has 0 aromatic heterocycles. The first kappa shape index (κ1) is 25.2. The Morgan fingerprint density at radius 3 is 1.32 bits per heavy atom. The Bertz CT molecular complexity index is 1830. The maximum Gasteiger partial charge on any atom is 0.0176 e. The van der Waals surface area contributed by atoms with Crippen molar-refractivity contribution in [1.82, 2.24) is 0 Å². The van der Waals surface area contributed by atoms with Crippen molar-refractivity contribution in [1.29, 1.82) is 0 Å². The molecule has 0 spiro atoms. The van der Waals surface area contributed by atoms with Crippen LogP contribution >= 0.6 is 0 Å². The van der Waals surface area contributed by atoms with E-state index in [0.717, 1.165) is 37.5 Å². The first-order valence-electron chi connectivity index (χ1n) is 16.9. The summed E-state index contributed by atoms with van der Waals surface area (Å²) >= 11 is 0. The number of allylic oxidation sites excluding steroid dienone is 8. The molecule has 10 rings (SSSR count). The Balaban J connectivity index is 1.07. The molecule has 2 saturated carbocycles. The third kappa shape index (κ3) is 3.35. The summed E-state index contributed by atoms with van der Waals surface area (Å²) in [5.41, 5.74) is 19.0. The van der Waals surface area contributed by atoms with Crippen LogP contribution in [0.25, 0.3) is 22.3 Å². The van der Waals surface area contributed by atoms with Gasteiger partial charge in [-0.15, -0.1) is 0 Å². The van der Waals surface area contributed by atoms with Gasteiger partial charge in [0.05, 0.1) is 0 Å². The minimum Gasteiger partial charge on any atom is -0.0804 e. The smallest absolute Gasteiger partial charge is 0.0176 e. The van der Waals surface area contributed by atoms with Gasteiger partial charge in [-0.25, -0.2) is 0 Å². The predicted octanol–water partition coefficient (Wildman–Crippen LogP) is 10.6. The highest BCUT2D eigenvalue weighted by molar-refractivity contribution is 5.80. The molecule has 0 aliphatic heterocycles. The van der Waals surface area contributed by atoms with E-state index < -0.39 is 0 Å². The third-order valence-corrected chi connectivity index (χ3v) is 12.6. The van der Waals surface area contributed by atoms with Gasteiger partial charge in [-0.2, -0.15) is 0 Å². The van der Waals surface area contributed by atoms with Crippen molar-refractivity contribution in [3.05, 3.63) is 166 Å². The Labute approximate surface area is 261 Å². The Hall–Kier alpha value is -4.16. The van der Waals surface area contributed by atoms with E-state index in [4.69, 9.17) is 0 Å². The van der Waals surface area contributed by atoms with Crippen molar-refractivity contribution in [3.8, 4) is 22.3 Å². The highest BCUT2D eigenvalue weighted by Crippen LogP contribution is 2.66. The van der Waals surface area contributed by atoms with Crippen LogP contribution in [-0.2, 0) is 23.7 Å². The molecule has 2 fully saturated rings. The molecule has 0 radical (unpaired) electrons. The van der Waals surface area contributed by atoms with Crippen LogP contribution in [-0.4, -0.2) is 0 Å². The lowest BCUT2D eigenvalue weighted by molar-refractivity contribution is 0.395. The first-order valence-corrected chi connectivity index (χ1v) is 16.9. The maximum atomic E-state index is 2.52. The lowest BCUT2D eigenvalue weighted by atomic mass is 9.64. The van der Waals surface area contributed by atoms with Crippen molar-refractivity contribution in [2.45, 2.75) is 62.2 Å². The molecular weight excluding hydrogens is 528 g/mol. The average Bonchev–Trinajstić information content (AvgIpc) is 3.89. The van der Waals surface area contributed by atoms with Crippen LogP contribution in [0.3, 0.4) is 0 Å². The lowest BCUT2D eigenvalue weighted by Crippen LogP contribution is -2.32. The van der Waals surface area contributed by atoms with E-state index in [1.165, 1.54) is 59.1 Å². The normalized spacial score (nSPS) is 28.5. The zero-order chi connectivity index (χ0) is 28.9. The number of benzene rings is 4. The van der Waals surface area contributed by atoms with Crippen molar-refractivity contribution >= 4 is 0 Å². The second kappa shape index (κ2) is 9.18. The van der Waals surface area contributed by atoms with E-state index in [9.17, 15) is 0 Å². The summed E-state index contributed by atoms with van der Waals surface area (Å²) in [4.78, 5) is 0. The monoisotopic (exact) mass is 566 g/mol. The van der Waals surface area contributed by atoms with E-state index >= 15 is 0 Å². The SMILES string of the molecule is C1=CCC(C2(c3cccc4c3Cc3ccccc3-4)CC3CC(C4=CC=CC4)(c4cccc5c4Cc4ccccc4-5)CC3C2)=C1. The summed E-state index contributed by atoms with van der Waals surface area (Å²) in [6, 6.07) is 32.8. The molecule has 0 nitrogen and oxygen atoms in total. The van der Waals surface area contributed by atoms with Crippen LogP contribution < -0.4 is 0 Å². The number of fused-ring (bicyclic) bond motifs is 7. The Morgan fingerprint density at radius 1 is 0.455 bits per heavy atom. The van der Waals surface area contributed by atoms with Gasteiger partial charge in [0.1, 0.15) is 0 Å². The van der Waals surface area contributed by atoms with E-state index in [-0.39, 0.29) is 10.8 Å². The average molecular weight is 567 g/mol. The second-order valence-corrected chi connectivity index (χ2v) is 14.5. The second-order valence-electron chi connectivity index (χ2n) is 14.5. The lowest BCUT2D eigenvalue weighted by Gasteiger charge is -2.39. The maximum absolute atomic E-state index is 2.52. The summed E-state index contributed by atoms with van der Waals surface area (Å²) in [5.74, 6) is 1.47. The Kier molecular flexibility index (Phi) is 5.26. The first-order chi connectivity index (χ1) is 21.7. The molecule has 0 atom stereocenters. The highest BCUT2D eigenvalue weighted by atomic mass is 14.6. The summed E-state index contributed by atoms with van der Waals surface area (Å²) < 4.78 is 0. The van der Waals surface area contributed by atoms with Crippen LogP contribution in [0.2, 0.25) is 0 Å². The standard InChI is InChI=1S/C44H38/c1-7-17-35-29(11-1)23-39-37(35)19-9-21-41(39)43(33-13-3-4-14-33)25-31-27-44(28-32(31)26-43,34-15-5-6-16-34)42-22-10-20-38-36-18-8-2-12-30(36)24-40(38)42/h1-13,15,17-22,31-32H,14,16,23-28H2. The van der Waals surface area contributed by atoms with Gasteiger partial charge in [0.25, 0.3) is 0 Å². The van der Waals surface area contributed by atoms with Crippen molar-refractivity contribution < 1.29 is 0 Å². The molecule has 0 heterocycles. The molecule has 6 aliphatic carbocycles. The molecule has 0 unspecified atom stereocenters. The molecule has 0 heteroatoms. The van der Waals surface area contributed by atoms with Crippen LogP contribution in [0.4, 0.5) is 0 Å². The minimum atomic E-state index is 0.148. The van der Waals surface area contributed by atoms with Crippen LogP contribution in [0.15, 0.2) is 133 Å². The summed E-state index contributed by atoms with van der Waals surface area (Å²) in [7, 11) is 0. The Morgan fingerprint density at radius 2 is 0.886 bits per heavy atom. The van der Waals surface area contributed by atoms with Crippen LogP contribution in [0.5, 0.6) is 0 Å². The van der Waals surface area contributed by atoms with Gasteiger partial charge >= 0.3 is 0 Å². The van der Waals surface area contributed by atoms with E-state index in [1.54, 1.807) is 33.4 Å². The summed E-state index contributed by atoms with van der Waals surface area (Å²) in [6.07, 6.45) is 24.0. The van der Waals surface area contributed by atoms with Crippen molar-refractivity contribution in [2.24, 2.45) is 11.8 Å². The molecule has 4 aromatic carbocycles. The van der Waals surface area contributed by atoms with Gasteiger partial charge in [0.15, 0.2) is 0 Å². The van der Waals surface area contributed by atoms with Gasteiger partial charge in [-0.3, -0.25) is 0 Å². The van der Waals surface area contributed by atoms with E-state index in [1.807, 2.05) is 0 Å². The molecule has 0 amide bonds. The molecule has 0 saturated heterocycles. The van der Waals surface area contributed by atoms with Crippen molar-refractivity contribution in [3.63, 3.8) is 0 Å². The molecule has 214 valence electrons. The summed E-state index contributed by atoms with van der Waals surface area (Å²) in [5, 5.41) is 0. The van der Waals surface area contributed by atoms with Crippen molar-refractivity contribution in [2.75, 3.05) is 0 Å². The zero-order valence-corrected chi connectivity index (χ0v) is 25.4. The quantitative estimate of drug-likeness (QED) is 0.199. The van der Waals surface area contributed by atoms with Gasteiger partial charge in [-0.05, 0) is 119 Å². The van der Waals surface area contributed by atoms with E-state index in [0.29, 0.717) is 0 Å². The molecule has 4 aromatic rings. The van der Waals surface area contributed by atoms with Gasteiger partial charge < -0.3 is 0 Å². The van der Waals surface area contributed by atoms with Gasteiger partial charge in [-0.1, -0.05) is 133 Å². The fourth-order valence-corrected chi connectivity index (χ4v) is 10.9. The minimum absolute atomic E-state index is 0.148. The topological polar surface area (TPSA) is 0 Å². The molecule has 0 bridgehead atoms. The number of hydrogen-bond donors (Lipinski definition) is 0. The molecular formula is C44H38. The highest BCUT2D eigenvalue weighted by Gasteiger charge is 2.58. The van der Waals surface area contributed by atoms with Gasteiger partial charge in [0.2, 0.25) is 0 Å². The predicted molar refractivity (Wildman–Crippen MR) is 182 cm³/mol. The fraction of sp³-hybridized carbons (Fsp3) is 0.273. The van der Waals surface area contributed by atoms with Crippen LogP contribution in [0, 0.1) is 11.8 Å². The summed E-state index contributed by atoms with van der Waals surface area (Å²) in [6.45, 7) is 0. The molecule has 0 N–H and O–H groups in total. The molecule has 44 heavy (non-hydrogen) atoms. The fourth-order valence-electron chi connectivity index (χ4n) is 10.9. The number of rotatable bonds is 4. The zero-order valence-electron chi connectivity index (χ0n) is 25.4. The largest absolute Gasteiger partial charge is 0.0804 e. The van der Waals surface area contributed by atoms with Crippen LogP contribution in [0.1, 0.15) is 71.9 Å². The van der Waals surface area contributed by atoms with Gasteiger partial charge in [0, 0.05) is 10.8 Å². The van der Waals surface area contributed by atoms with E-state index in [2.05, 4.69) is 121 Å². The third-order valence-electron chi connectivity index (χ3n) is 12.6.